The normalized spacial score (nSPS) is 9.73. The summed E-state index contributed by atoms with van der Waals surface area (Å²) >= 11 is 0. The van der Waals surface area contributed by atoms with Crippen LogP contribution in [0.5, 0.6) is 5.75 Å². The van der Waals surface area contributed by atoms with E-state index in [1.807, 2.05) is 0 Å². The molecule has 0 aliphatic rings. The van der Waals surface area contributed by atoms with Crippen molar-refractivity contribution in [2.24, 2.45) is 0 Å². The van der Waals surface area contributed by atoms with Crippen molar-refractivity contribution in [3.05, 3.63) is 29.8 Å². The Morgan fingerprint density at radius 1 is 1.27 bits per heavy atom. The van der Waals surface area contributed by atoms with Gasteiger partial charge < -0.3 is 4.74 Å². The monoisotopic (exact) mass is 158 g/mol. The van der Waals surface area contributed by atoms with Gasteiger partial charge in [-0.15, -0.1) is 0 Å². The van der Waals surface area contributed by atoms with E-state index in [-0.39, 0.29) is 12.4 Å². The molecule has 0 heterocycles. The summed E-state index contributed by atoms with van der Waals surface area (Å²) in [7, 11) is 0. The highest BCUT2D eigenvalue weighted by atomic mass is 19.1. The maximum absolute atomic E-state index is 12.7. The molecule has 1 aromatic carbocycles. The minimum atomic E-state index is -0.660. The van der Waals surface area contributed by atoms with Crippen molar-refractivity contribution in [2.75, 3.05) is 6.61 Å². The summed E-state index contributed by atoms with van der Waals surface area (Å²) in [4.78, 5) is 0. The molecule has 1 rings (SSSR count). The number of rotatable bonds is 2. The molecule has 0 saturated carbocycles. The Bertz CT molecular complexity index is 228. The van der Waals surface area contributed by atoms with Crippen LogP contribution in [0.4, 0.5) is 8.78 Å². The lowest BCUT2D eigenvalue weighted by Gasteiger charge is -2.03. The average molecular weight is 158 g/mol. The van der Waals surface area contributed by atoms with Crippen molar-refractivity contribution in [3.63, 3.8) is 0 Å². The van der Waals surface area contributed by atoms with E-state index in [2.05, 4.69) is 0 Å². The zero-order chi connectivity index (χ0) is 8.27. The van der Waals surface area contributed by atoms with Crippen molar-refractivity contribution < 1.29 is 13.5 Å². The second-order valence-corrected chi connectivity index (χ2v) is 1.98. The summed E-state index contributed by atoms with van der Waals surface area (Å²) in [5, 5.41) is 0. The molecule has 1 nitrogen and oxygen atoms in total. The van der Waals surface area contributed by atoms with Crippen LogP contribution in [0.1, 0.15) is 6.92 Å². The van der Waals surface area contributed by atoms with E-state index in [9.17, 15) is 8.78 Å². The molecule has 11 heavy (non-hydrogen) atoms. The van der Waals surface area contributed by atoms with Gasteiger partial charge in [-0.25, -0.2) is 8.78 Å². The minimum Gasteiger partial charge on any atom is -0.488 e. The third-order valence-corrected chi connectivity index (χ3v) is 1.21. The number of halogens is 2. The molecule has 0 spiro atoms. The van der Waals surface area contributed by atoms with Gasteiger partial charge in [-0.05, 0) is 19.1 Å². The molecule has 0 saturated heterocycles. The number of para-hydroxylation sites is 1. The van der Waals surface area contributed by atoms with Gasteiger partial charge in [0, 0.05) is 0 Å². The van der Waals surface area contributed by atoms with E-state index >= 15 is 0 Å². The SMILES string of the molecule is CCOc1c(F)cccc1F. The smallest absolute Gasteiger partial charge is 0.190 e. The second kappa shape index (κ2) is 3.32. The van der Waals surface area contributed by atoms with Crippen LogP contribution in [0, 0.1) is 11.6 Å². The highest BCUT2D eigenvalue weighted by Crippen LogP contribution is 2.20. The lowest BCUT2D eigenvalue weighted by atomic mass is 10.3. The van der Waals surface area contributed by atoms with Gasteiger partial charge in [-0.3, -0.25) is 0 Å². The third kappa shape index (κ3) is 1.67. The Balaban J connectivity index is 3.00. The summed E-state index contributed by atoms with van der Waals surface area (Å²) in [5.41, 5.74) is 0. The molecule has 0 aromatic heterocycles. The molecule has 0 radical (unpaired) electrons. The van der Waals surface area contributed by atoms with Gasteiger partial charge in [0.25, 0.3) is 0 Å². The van der Waals surface area contributed by atoms with E-state index in [0.717, 1.165) is 12.1 Å². The maximum Gasteiger partial charge on any atom is 0.190 e. The first kappa shape index (κ1) is 7.98. The molecule has 0 fully saturated rings. The Morgan fingerprint density at radius 3 is 2.27 bits per heavy atom. The van der Waals surface area contributed by atoms with Gasteiger partial charge in [0.1, 0.15) is 0 Å². The minimum absolute atomic E-state index is 0.262. The third-order valence-electron chi connectivity index (χ3n) is 1.21. The van der Waals surface area contributed by atoms with Gasteiger partial charge in [-0.2, -0.15) is 0 Å². The number of benzene rings is 1. The molecule has 1 aromatic rings. The topological polar surface area (TPSA) is 9.23 Å². The van der Waals surface area contributed by atoms with Crippen LogP contribution in [0.15, 0.2) is 18.2 Å². The van der Waals surface area contributed by atoms with Crippen LogP contribution in [-0.2, 0) is 0 Å². The highest BCUT2D eigenvalue weighted by molar-refractivity contribution is 5.25. The highest BCUT2D eigenvalue weighted by Gasteiger charge is 2.07. The molecule has 60 valence electrons. The lowest BCUT2D eigenvalue weighted by molar-refractivity contribution is 0.303. The number of hydrogen-bond acceptors (Lipinski definition) is 1. The van der Waals surface area contributed by atoms with Crippen molar-refractivity contribution in [2.45, 2.75) is 6.92 Å². The molecule has 0 N–H and O–H groups in total. The molecular weight excluding hydrogens is 150 g/mol. The molecule has 0 bridgehead atoms. The van der Waals surface area contributed by atoms with Crippen molar-refractivity contribution >= 4 is 0 Å². The largest absolute Gasteiger partial charge is 0.488 e. The molecule has 0 amide bonds. The maximum atomic E-state index is 12.7. The Kier molecular flexibility index (Phi) is 2.41. The zero-order valence-corrected chi connectivity index (χ0v) is 6.10. The van der Waals surface area contributed by atoms with Crippen LogP contribution in [0.25, 0.3) is 0 Å². The van der Waals surface area contributed by atoms with Crippen LogP contribution >= 0.6 is 0 Å². The average Bonchev–Trinajstić information content (AvgIpc) is 1.97. The summed E-state index contributed by atoms with van der Waals surface area (Å²) < 4.78 is 30.1. The summed E-state index contributed by atoms with van der Waals surface area (Å²) in [6, 6.07) is 3.62. The second-order valence-electron chi connectivity index (χ2n) is 1.98. The van der Waals surface area contributed by atoms with Crippen molar-refractivity contribution in [3.8, 4) is 5.75 Å². The summed E-state index contributed by atoms with van der Waals surface area (Å²) in [5.74, 6) is -1.62. The predicted molar refractivity (Wildman–Crippen MR) is 37.5 cm³/mol. The summed E-state index contributed by atoms with van der Waals surface area (Å²) in [6.45, 7) is 1.93. The molecular formula is C8H8F2O. The molecule has 0 aliphatic carbocycles. The zero-order valence-electron chi connectivity index (χ0n) is 6.10. The van der Waals surface area contributed by atoms with E-state index in [0.29, 0.717) is 0 Å². The van der Waals surface area contributed by atoms with Crippen molar-refractivity contribution in [1.29, 1.82) is 0 Å². The first-order valence-corrected chi connectivity index (χ1v) is 3.32. The summed E-state index contributed by atoms with van der Waals surface area (Å²) in [6.07, 6.45) is 0. The standard InChI is InChI=1S/C8H8F2O/c1-2-11-8-6(9)4-3-5-7(8)10/h3-5H,2H2,1H3. The first-order valence-electron chi connectivity index (χ1n) is 3.32. The van der Waals surface area contributed by atoms with Crippen molar-refractivity contribution in [1.82, 2.24) is 0 Å². The van der Waals surface area contributed by atoms with Crippen LogP contribution in [0.2, 0.25) is 0 Å². The number of hydrogen-bond donors (Lipinski definition) is 0. The van der Waals surface area contributed by atoms with E-state index in [4.69, 9.17) is 4.74 Å². The molecule has 0 aliphatic heterocycles. The fourth-order valence-electron chi connectivity index (χ4n) is 0.765. The van der Waals surface area contributed by atoms with Gasteiger partial charge in [-0.1, -0.05) is 6.07 Å². The van der Waals surface area contributed by atoms with Crippen LogP contribution < -0.4 is 4.74 Å². The predicted octanol–water partition coefficient (Wildman–Crippen LogP) is 2.36. The molecule has 3 heteroatoms. The lowest BCUT2D eigenvalue weighted by Crippen LogP contribution is -1.96. The van der Waals surface area contributed by atoms with Crippen LogP contribution in [-0.4, -0.2) is 6.61 Å². The van der Waals surface area contributed by atoms with E-state index in [1.165, 1.54) is 6.07 Å². The quantitative estimate of drug-likeness (QED) is 0.642. The van der Waals surface area contributed by atoms with E-state index in [1.54, 1.807) is 6.92 Å². The van der Waals surface area contributed by atoms with Gasteiger partial charge in [0.15, 0.2) is 17.4 Å². The van der Waals surface area contributed by atoms with Gasteiger partial charge >= 0.3 is 0 Å². The van der Waals surface area contributed by atoms with Crippen LogP contribution in [0.3, 0.4) is 0 Å². The Morgan fingerprint density at radius 2 is 1.82 bits per heavy atom. The Hall–Kier alpha value is -1.12. The molecule has 0 atom stereocenters. The van der Waals surface area contributed by atoms with E-state index < -0.39 is 11.6 Å². The van der Waals surface area contributed by atoms with Gasteiger partial charge in [0.05, 0.1) is 6.61 Å². The number of ether oxygens (including phenoxy) is 1. The Labute approximate surface area is 63.6 Å². The molecule has 0 unspecified atom stereocenters. The fraction of sp³-hybridized carbons (Fsp3) is 0.250. The van der Waals surface area contributed by atoms with Gasteiger partial charge in [0.2, 0.25) is 0 Å². The first-order chi connectivity index (χ1) is 5.25. The fourth-order valence-corrected chi connectivity index (χ4v) is 0.765.